The van der Waals surface area contributed by atoms with Crippen LogP contribution in [-0.4, -0.2) is 25.2 Å². The number of hydrogen-bond donors (Lipinski definition) is 0. The molecule has 0 aliphatic carbocycles. The molecule has 0 N–H and O–H groups in total. The van der Waals surface area contributed by atoms with E-state index in [2.05, 4.69) is 20.4 Å². The number of rotatable bonds is 3. The molecule has 0 radical (unpaired) electrons. The number of aromatic nitrogens is 5. The van der Waals surface area contributed by atoms with Gasteiger partial charge in [-0.1, -0.05) is 53.3 Å². The van der Waals surface area contributed by atoms with Gasteiger partial charge in [-0.25, -0.2) is 4.98 Å². The summed E-state index contributed by atoms with van der Waals surface area (Å²) in [6.07, 6.45) is 0. The fourth-order valence-corrected chi connectivity index (χ4v) is 2.86. The highest BCUT2D eigenvalue weighted by molar-refractivity contribution is 7.14. The SMILES string of the molecule is ClCc1sc(-n2nnc(-c3ccccc3)n2)nc1Cl. The molecule has 0 unspecified atom stereocenters. The predicted molar refractivity (Wildman–Crippen MR) is 74.8 cm³/mol. The molecule has 0 fully saturated rings. The zero-order valence-corrected chi connectivity index (χ0v) is 11.8. The van der Waals surface area contributed by atoms with Crippen LogP contribution in [-0.2, 0) is 5.88 Å². The van der Waals surface area contributed by atoms with Crippen LogP contribution < -0.4 is 0 Å². The van der Waals surface area contributed by atoms with E-state index in [1.165, 1.54) is 16.1 Å². The van der Waals surface area contributed by atoms with Crippen molar-refractivity contribution in [3.8, 4) is 16.5 Å². The summed E-state index contributed by atoms with van der Waals surface area (Å²) < 4.78 is 0. The lowest BCUT2D eigenvalue weighted by molar-refractivity contribution is 0.715. The predicted octanol–water partition coefficient (Wildman–Crippen LogP) is 3.18. The Balaban J connectivity index is 1.97. The Morgan fingerprint density at radius 2 is 2.00 bits per heavy atom. The third-order valence-electron chi connectivity index (χ3n) is 2.38. The maximum atomic E-state index is 5.94. The van der Waals surface area contributed by atoms with Crippen molar-refractivity contribution in [3.05, 3.63) is 40.4 Å². The van der Waals surface area contributed by atoms with E-state index in [9.17, 15) is 0 Å². The van der Waals surface area contributed by atoms with Crippen LogP contribution in [0.4, 0.5) is 0 Å². The van der Waals surface area contributed by atoms with Gasteiger partial charge in [0.15, 0.2) is 0 Å². The summed E-state index contributed by atoms with van der Waals surface area (Å²) in [7, 11) is 0. The molecule has 0 saturated carbocycles. The average Bonchev–Trinajstić information content (AvgIpc) is 3.06. The molecule has 3 rings (SSSR count). The molecule has 8 heteroatoms. The maximum absolute atomic E-state index is 5.94. The van der Waals surface area contributed by atoms with Crippen LogP contribution in [0, 0.1) is 0 Å². The van der Waals surface area contributed by atoms with Crippen LogP contribution in [0.25, 0.3) is 16.5 Å². The van der Waals surface area contributed by atoms with Crippen molar-refractivity contribution in [2.75, 3.05) is 0 Å². The normalized spacial score (nSPS) is 10.8. The van der Waals surface area contributed by atoms with Crippen molar-refractivity contribution in [1.29, 1.82) is 0 Å². The average molecular weight is 312 g/mol. The summed E-state index contributed by atoms with van der Waals surface area (Å²) in [5, 5.41) is 13.2. The third-order valence-corrected chi connectivity index (χ3v) is 4.25. The zero-order chi connectivity index (χ0) is 13.2. The monoisotopic (exact) mass is 311 g/mol. The largest absolute Gasteiger partial charge is 0.233 e. The Kier molecular flexibility index (Phi) is 3.46. The minimum atomic E-state index is 0.316. The molecular formula is C11H7Cl2N5S. The summed E-state index contributed by atoms with van der Waals surface area (Å²) in [5.41, 5.74) is 0.897. The number of benzene rings is 1. The minimum Gasteiger partial charge on any atom is -0.205 e. The van der Waals surface area contributed by atoms with Gasteiger partial charge < -0.3 is 0 Å². The van der Waals surface area contributed by atoms with Gasteiger partial charge in [0.2, 0.25) is 11.0 Å². The molecule has 96 valence electrons. The number of nitrogens with zero attached hydrogens (tertiary/aromatic N) is 5. The van der Waals surface area contributed by atoms with Crippen molar-refractivity contribution in [2.45, 2.75) is 5.88 Å². The molecule has 2 heterocycles. The van der Waals surface area contributed by atoms with Crippen molar-refractivity contribution in [3.63, 3.8) is 0 Å². The molecule has 0 atom stereocenters. The zero-order valence-electron chi connectivity index (χ0n) is 9.49. The molecule has 0 bridgehead atoms. The molecule has 0 aliphatic rings. The van der Waals surface area contributed by atoms with Crippen LogP contribution in [0.2, 0.25) is 5.15 Å². The molecule has 1 aromatic carbocycles. The van der Waals surface area contributed by atoms with Crippen molar-refractivity contribution in [1.82, 2.24) is 25.2 Å². The standard InChI is InChI=1S/C11H7Cl2N5S/c12-6-8-9(13)14-11(19-8)18-16-10(15-17-18)7-4-2-1-3-5-7/h1-5H,6H2. The van der Waals surface area contributed by atoms with Crippen LogP contribution in [0.3, 0.4) is 0 Å². The number of hydrogen-bond acceptors (Lipinski definition) is 5. The summed E-state index contributed by atoms with van der Waals surface area (Å²) in [5.74, 6) is 0.857. The van der Waals surface area contributed by atoms with E-state index in [4.69, 9.17) is 23.2 Å². The molecule has 5 nitrogen and oxygen atoms in total. The topological polar surface area (TPSA) is 56.5 Å². The first kappa shape index (κ1) is 12.5. The first-order valence-electron chi connectivity index (χ1n) is 5.35. The Morgan fingerprint density at radius 1 is 1.21 bits per heavy atom. The number of thiazole rings is 1. The van der Waals surface area contributed by atoms with E-state index < -0.39 is 0 Å². The number of tetrazole rings is 1. The molecule has 3 aromatic rings. The molecular weight excluding hydrogens is 305 g/mol. The minimum absolute atomic E-state index is 0.316. The summed E-state index contributed by atoms with van der Waals surface area (Å²) in [4.78, 5) is 6.30. The Hall–Kier alpha value is -1.50. The lowest BCUT2D eigenvalue weighted by Gasteiger charge is -1.91. The van der Waals surface area contributed by atoms with Gasteiger partial charge in [0, 0.05) is 5.56 Å². The Morgan fingerprint density at radius 3 is 2.68 bits per heavy atom. The molecule has 0 spiro atoms. The first-order valence-corrected chi connectivity index (χ1v) is 7.08. The molecule has 2 aromatic heterocycles. The van der Waals surface area contributed by atoms with Gasteiger partial charge >= 0.3 is 0 Å². The first-order chi connectivity index (χ1) is 9.28. The van der Waals surface area contributed by atoms with E-state index in [1.807, 2.05) is 30.3 Å². The van der Waals surface area contributed by atoms with E-state index in [0.717, 1.165) is 10.4 Å². The van der Waals surface area contributed by atoms with Gasteiger partial charge in [0.1, 0.15) is 5.15 Å². The number of alkyl halides is 1. The van der Waals surface area contributed by atoms with Gasteiger partial charge in [0.05, 0.1) is 10.8 Å². The maximum Gasteiger partial charge on any atom is 0.233 e. The second-order valence-corrected chi connectivity index (χ2v) is 5.30. The van der Waals surface area contributed by atoms with Gasteiger partial charge in [-0.2, -0.15) is 0 Å². The van der Waals surface area contributed by atoms with Crippen LogP contribution >= 0.6 is 34.5 Å². The Labute approximate surface area is 122 Å². The quantitative estimate of drug-likeness (QED) is 0.697. The van der Waals surface area contributed by atoms with Crippen molar-refractivity contribution < 1.29 is 0 Å². The molecule has 0 saturated heterocycles. The highest BCUT2D eigenvalue weighted by atomic mass is 35.5. The van der Waals surface area contributed by atoms with Gasteiger partial charge in [0.25, 0.3) is 0 Å². The fraction of sp³-hybridized carbons (Fsp3) is 0.0909. The number of halogens is 2. The fourth-order valence-electron chi connectivity index (χ4n) is 1.49. The third kappa shape index (κ3) is 2.47. The molecule has 0 aliphatic heterocycles. The summed E-state index contributed by atoms with van der Waals surface area (Å²) >= 11 is 13.0. The summed E-state index contributed by atoms with van der Waals surface area (Å²) in [6.45, 7) is 0. The van der Waals surface area contributed by atoms with E-state index in [0.29, 0.717) is 22.0 Å². The van der Waals surface area contributed by atoms with Crippen LogP contribution in [0.5, 0.6) is 0 Å². The van der Waals surface area contributed by atoms with Crippen molar-refractivity contribution in [2.24, 2.45) is 0 Å². The summed E-state index contributed by atoms with van der Waals surface area (Å²) in [6, 6.07) is 9.60. The van der Waals surface area contributed by atoms with E-state index >= 15 is 0 Å². The smallest absolute Gasteiger partial charge is 0.205 e. The highest BCUT2D eigenvalue weighted by Crippen LogP contribution is 2.26. The van der Waals surface area contributed by atoms with Gasteiger partial charge in [-0.05, 0) is 5.21 Å². The second-order valence-electron chi connectivity index (χ2n) is 3.61. The van der Waals surface area contributed by atoms with Gasteiger partial charge in [-0.3, -0.25) is 0 Å². The van der Waals surface area contributed by atoms with E-state index in [1.54, 1.807) is 0 Å². The lowest BCUT2D eigenvalue weighted by atomic mass is 10.2. The molecule has 0 amide bonds. The van der Waals surface area contributed by atoms with Crippen LogP contribution in [0.15, 0.2) is 30.3 Å². The van der Waals surface area contributed by atoms with Gasteiger partial charge in [-0.15, -0.1) is 26.6 Å². The Bertz CT molecular complexity index is 694. The molecule has 19 heavy (non-hydrogen) atoms. The highest BCUT2D eigenvalue weighted by Gasteiger charge is 2.13. The second kappa shape index (κ2) is 5.24. The van der Waals surface area contributed by atoms with Crippen LogP contribution in [0.1, 0.15) is 4.88 Å². The van der Waals surface area contributed by atoms with E-state index in [-0.39, 0.29) is 0 Å². The lowest BCUT2D eigenvalue weighted by Crippen LogP contribution is -1.97. The van der Waals surface area contributed by atoms with Crippen molar-refractivity contribution >= 4 is 34.5 Å².